The molecule has 3 heteroatoms. The Balaban J connectivity index is 1.79. The molecule has 3 nitrogen and oxygen atoms in total. The van der Waals surface area contributed by atoms with Gasteiger partial charge in [-0.2, -0.15) is 0 Å². The first-order chi connectivity index (χ1) is 8.16. The summed E-state index contributed by atoms with van der Waals surface area (Å²) in [7, 11) is 0. The molecule has 2 rings (SSSR count). The molecule has 0 aliphatic heterocycles. The summed E-state index contributed by atoms with van der Waals surface area (Å²) in [6.45, 7) is 2.26. The molecule has 2 aliphatic rings. The number of carbonyl (C=O) groups excluding carboxylic acids is 1. The molecule has 0 aromatic rings. The maximum absolute atomic E-state index is 12.1. The molecule has 0 aromatic carbocycles. The van der Waals surface area contributed by atoms with Gasteiger partial charge in [-0.05, 0) is 44.4 Å². The summed E-state index contributed by atoms with van der Waals surface area (Å²) < 4.78 is 0. The van der Waals surface area contributed by atoms with Crippen LogP contribution in [0, 0.1) is 11.8 Å². The molecule has 0 aromatic heterocycles. The van der Waals surface area contributed by atoms with Gasteiger partial charge in [0.1, 0.15) is 0 Å². The fourth-order valence-electron chi connectivity index (χ4n) is 3.10. The number of amides is 1. The molecule has 98 valence electrons. The van der Waals surface area contributed by atoms with Crippen molar-refractivity contribution < 1.29 is 9.90 Å². The third-order valence-electron chi connectivity index (χ3n) is 4.44. The average molecular weight is 239 g/mol. The minimum Gasteiger partial charge on any atom is -0.391 e. The van der Waals surface area contributed by atoms with E-state index in [1.807, 2.05) is 0 Å². The molecule has 0 heterocycles. The van der Waals surface area contributed by atoms with E-state index in [2.05, 4.69) is 12.2 Å². The molecular formula is C14H25NO2. The number of nitrogens with one attached hydrogen (secondary N) is 1. The minimum atomic E-state index is -0.324. The number of aliphatic hydroxyl groups excluding tert-OH is 1. The maximum atomic E-state index is 12.1. The smallest absolute Gasteiger partial charge is 0.223 e. The van der Waals surface area contributed by atoms with Crippen LogP contribution in [-0.4, -0.2) is 23.2 Å². The second-order valence-electron chi connectivity index (χ2n) is 5.92. The minimum absolute atomic E-state index is 0.00981. The Bertz CT molecular complexity index is 259. The fourth-order valence-corrected chi connectivity index (χ4v) is 3.10. The van der Waals surface area contributed by atoms with Gasteiger partial charge in [0, 0.05) is 5.92 Å². The Morgan fingerprint density at radius 1 is 1.06 bits per heavy atom. The largest absolute Gasteiger partial charge is 0.391 e. The zero-order valence-electron chi connectivity index (χ0n) is 10.8. The SMILES string of the molecule is CC1CCC(C(=O)N[C@H]2CCCC[C@@H]2O)CC1. The molecule has 0 radical (unpaired) electrons. The third-order valence-corrected chi connectivity index (χ3v) is 4.44. The second kappa shape index (κ2) is 5.85. The molecule has 0 spiro atoms. The van der Waals surface area contributed by atoms with Crippen molar-refractivity contribution in [3.8, 4) is 0 Å². The van der Waals surface area contributed by atoms with E-state index in [0.717, 1.165) is 44.4 Å². The number of rotatable bonds is 2. The van der Waals surface area contributed by atoms with Gasteiger partial charge in [-0.3, -0.25) is 4.79 Å². The monoisotopic (exact) mass is 239 g/mol. The first-order valence-corrected chi connectivity index (χ1v) is 7.15. The van der Waals surface area contributed by atoms with Crippen LogP contribution in [0.25, 0.3) is 0 Å². The molecule has 2 fully saturated rings. The van der Waals surface area contributed by atoms with E-state index < -0.39 is 0 Å². The Morgan fingerprint density at radius 2 is 1.71 bits per heavy atom. The lowest BCUT2D eigenvalue weighted by Crippen LogP contribution is -2.47. The lowest BCUT2D eigenvalue weighted by atomic mass is 9.82. The van der Waals surface area contributed by atoms with E-state index in [0.29, 0.717) is 0 Å². The average Bonchev–Trinajstić information content (AvgIpc) is 2.33. The molecule has 17 heavy (non-hydrogen) atoms. The summed E-state index contributed by atoms with van der Waals surface area (Å²) in [5, 5.41) is 12.9. The van der Waals surface area contributed by atoms with Crippen LogP contribution in [-0.2, 0) is 4.79 Å². The van der Waals surface area contributed by atoms with Crippen molar-refractivity contribution in [3.05, 3.63) is 0 Å². The summed E-state index contributed by atoms with van der Waals surface area (Å²) in [6.07, 6.45) is 8.07. The standard InChI is InChI=1S/C14H25NO2/c1-10-6-8-11(9-7-10)14(17)15-12-4-2-3-5-13(12)16/h10-13,16H,2-9H2,1H3,(H,15,17)/t10?,11?,12-,13-/m0/s1. The maximum Gasteiger partial charge on any atom is 0.223 e. The highest BCUT2D eigenvalue weighted by Gasteiger charge is 2.29. The van der Waals surface area contributed by atoms with Crippen LogP contribution in [0.2, 0.25) is 0 Å². The second-order valence-corrected chi connectivity index (χ2v) is 5.92. The molecule has 1 amide bonds. The van der Waals surface area contributed by atoms with E-state index >= 15 is 0 Å². The normalized spacial score (nSPS) is 38.7. The van der Waals surface area contributed by atoms with Crippen LogP contribution in [0.1, 0.15) is 58.3 Å². The van der Waals surface area contributed by atoms with Gasteiger partial charge in [-0.15, -0.1) is 0 Å². The van der Waals surface area contributed by atoms with Crippen molar-refractivity contribution in [3.63, 3.8) is 0 Å². The van der Waals surface area contributed by atoms with Gasteiger partial charge in [-0.1, -0.05) is 19.8 Å². The van der Waals surface area contributed by atoms with Gasteiger partial charge in [0.05, 0.1) is 12.1 Å². The van der Waals surface area contributed by atoms with Crippen molar-refractivity contribution in [1.82, 2.24) is 5.32 Å². The molecule has 0 unspecified atom stereocenters. The van der Waals surface area contributed by atoms with E-state index in [-0.39, 0.29) is 24.0 Å². The zero-order valence-corrected chi connectivity index (χ0v) is 10.8. The summed E-state index contributed by atoms with van der Waals surface area (Å²) >= 11 is 0. The number of aliphatic hydroxyl groups is 1. The van der Waals surface area contributed by atoms with Gasteiger partial charge in [0.25, 0.3) is 0 Å². The summed E-state index contributed by atoms with van der Waals surface area (Å²) in [5.41, 5.74) is 0. The Morgan fingerprint density at radius 3 is 2.35 bits per heavy atom. The van der Waals surface area contributed by atoms with Crippen LogP contribution in [0.4, 0.5) is 0 Å². The van der Waals surface area contributed by atoms with Crippen LogP contribution >= 0.6 is 0 Å². The molecule has 2 atom stereocenters. The zero-order chi connectivity index (χ0) is 12.3. The number of hydrogen-bond acceptors (Lipinski definition) is 2. The van der Waals surface area contributed by atoms with E-state index in [4.69, 9.17) is 0 Å². The van der Waals surface area contributed by atoms with Crippen LogP contribution < -0.4 is 5.32 Å². The van der Waals surface area contributed by atoms with Crippen molar-refractivity contribution in [2.24, 2.45) is 11.8 Å². The Hall–Kier alpha value is -0.570. The van der Waals surface area contributed by atoms with Crippen molar-refractivity contribution in [2.75, 3.05) is 0 Å². The fraction of sp³-hybridized carbons (Fsp3) is 0.929. The Kier molecular flexibility index (Phi) is 4.43. The number of carbonyl (C=O) groups is 1. The first-order valence-electron chi connectivity index (χ1n) is 7.15. The van der Waals surface area contributed by atoms with Gasteiger partial charge in [0.2, 0.25) is 5.91 Å². The van der Waals surface area contributed by atoms with E-state index in [9.17, 15) is 9.90 Å². The van der Waals surface area contributed by atoms with Crippen LogP contribution in [0.5, 0.6) is 0 Å². The van der Waals surface area contributed by atoms with Crippen molar-refractivity contribution >= 4 is 5.91 Å². The Labute approximate surface area is 104 Å². The topological polar surface area (TPSA) is 49.3 Å². The van der Waals surface area contributed by atoms with Crippen LogP contribution in [0.15, 0.2) is 0 Å². The van der Waals surface area contributed by atoms with E-state index in [1.54, 1.807) is 0 Å². The third kappa shape index (κ3) is 3.44. The summed E-state index contributed by atoms with van der Waals surface area (Å²) in [5.74, 6) is 1.16. The number of hydrogen-bond donors (Lipinski definition) is 2. The van der Waals surface area contributed by atoms with Gasteiger partial charge in [0.15, 0.2) is 0 Å². The highest BCUT2D eigenvalue weighted by atomic mass is 16.3. The molecular weight excluding hydrogens is 214 g/mol. The molecule has 2 aliphatic carbocycles. The summed E-state index contributed by atoms with van der Waals surface area (Å²) in [4.78, 5) is 12.1. The summed E-state index contributed by atoms with van der Waals surface area (Å²) in [6, 6.07) is 0.00981. The van der Waals surface area contributed by atoms with Crippen molar-refractivity contribution in [2.45, 2.75) is 70.4 Å². The first kappa shape index (κ1) is 12.9. The lowest BCUT2D eigenvalue weighted by Gasteiger charge is -2.31. The van der Waals surface area contributed by atoms with E-state index in [1.165, 1.54) is 12.8 Å². The lowest BCUT2D eigenvalue weighted by molar-refractivity contribution is -0.128. The molecule has 0 saturated heterocycles. The highest BCUT2D eigenvalue weighted by molar-refractivity contribution is 5.79. The predicted octanol–water partition coefficient (Wildman–Crippen LogP) is 2.23. The van der Waals surface area contributed by atoms with Gasteiger partial charge >= 0.3 is 0 Å². The van der Waals surface area contributed by atoms with Crippen molar-refractivity contribution in [1.29, 1.82) is 0 Å². The molecule has 2 N–H and O–H groups in total. The molecule has 0 bridgehead atoms. The highest BCUT2D eigenvalue weighted by Crippen LogP contribution is 2.29. The van der Waals surface area contributed by atoms with Crippen LogP contribution in [0.3, 0.4) is 0 Å². The predicted molar refractivity (Wildman–Crippen MR) is 67.5 cm³/mol. The van der Waals surface area contributed by atoms with Gasteiger partial charge in [-0.25, -0.2) is 0 Å². The molecule has 2 saturated carbocycles. The quantitative estimate of drug-likeness (QED) is 0.776. The van der Waals surface area contributed by atoms with Gasteiger partial charge < -0.3 is 10.4 Å².